The molecule has 108 valence electrons. The Labute approximate surface area is 115 Å². The summed E-state index contributed by atoms with van der Waals surface area (Å²) < 4.78 is 28.5. The number of alkyl halides is 2. The van der Waals surface area contributed by atoms with Crippen LogP contribution < -0.4 is 4.74 Å². The van der Waals surface area contributed by atoms with Gasteiger partial charge < -0.3 is 9.84 Å². The first-order valence-corrected chi connectivity index (χ1v) is 6.75. The van der Waals surface area contributed by atoms with Crippen molar-refractivity contribution in [2.45, 2.75) is 44.1 Å². The van der Waals surface area contributed by atoms with Crippen molar-refractivity contribution in [3.63, 3.8) is 0 Å². The van der Waals surface area contributed by atoms with E-state index in [0.717, 1.165) is 12.8 Å². The molecule has 2 aliphatic rings. The number of hydrogen-bond acceptors (Lipinski definition) is 2. The summed E-state index contributed by atoms with van der Waals surface area (Å²) in [7, 11) is 0. The minimum absolute atomic E-state index is 0.0574. The molecule has 2 saturated carbocycles. The number of carboxylic acids is 1. The predicted molar refractivity (Wildman–Crippen MR) is 67.9 cm³/mol. The Morgan fingerprint density at radius 2 is 1.80 bits per heavy atom. The second-order valence-electron chi connectivity index (χ2n) is 6.00. The quantitative estimate of drug-likeness (QED) is 0.918. The molecular formula is C15H16F2O3. The van der Waals surface area contributed by atoms with Gasteiger partial charge in [-0.25, -0.2) is 0 Å². The maximum Gasteiger partial charge on any atom is 0.387 e. The molecule has 5 heteroatoms. The SMILES string of the molecule is O=C(O)C1(c2ccc(OC(F)F)cc2)CC2(CCC2)C1. The van der Waals surface area contributed by atoms with Crippen molar-refractivity contribution in [2.75, 3.05) is 0 Å². The molecule has 1 N–H and O–H groups in total. The summed E-state index contributed by atoms with van der Waals surface area (Å²) in [6.07, 6.45) is 4.70. The summed E-state index contributed by atoms with van der Waals surface area (Å²) in [5.41, 5.74) is 0.0597. The van der Waals surface area contributed by atoms with Crippen molar-refractivity contribution in [3.8, 4) is 5.75 Å². The van der Waals surface area contributed by atoms with Crippen molar-refractivity contribution in [3.05, 3.63) is 29.8 Å². The number of carboxylic acid groups (broad SMARTS) is 1. The molecule has 0 aliphatic heterocycles. The highest BCUT2D eigenvalue weighted by Gasteiger charge is 2.61. The molecule has 0 atom stereocenters. The molecule has 0 unspecified atom stereocenters. The number of aliphatic carboxylic acids is 1. The lowest BCUT2D eigenvalue weighted by Crippen LogP contribution is -2.57. The molecule has 2 aliphatic carbocycles. The smallest absolute Gasteiger partial charge is 0.387 e. The van der Waals surface area contributed by atoms with Crippen LogP contribution >= 0.6 is 0 Å². The second kappa shape index (κ2) is 4.43. The van der Waals surface area contributed by atoms with Gasteiger partial charge in [-0.2, -0.15) is 8.78 Å². The van der Waals surface area contributed by atoms with E-state index in [1.54, 1.807) is 12.1 Å². The Balaban J connectivity index is 1.81. The van der Waals surface area contributed by atoms with Crippen LogP contribution in [0, 0.1) is 5.41 Å². The average Bonchev–Trinajstić information content (AvgIpc) is 2.26. The van der Waals surface area contributed by atoms with Gasteiger partial charge in [0.1, 0.15) is 5.75 Å². The van der Waals surface area contributed by atoms with E-state index in [-0.39, 0.29) is 11.2 Å². The Kier molecular flexibility index (Phi) is 2.96. The Morgan fingerprint density at radius 3 is 2.20 bits per heavy atom. The van der Waals surface area contributed by atoms with Crippen LogP contribution in [0.5, 0.6) is 5.75 Å². The highest BCUT2D eigenvalue weighted by Crippen LogP contribution is 2.65. The van der Waals surface area contributed by atoms with E-state index in [1.807, 2.05) is 0 Å². The highest BCUT2D eigenvalue weighted by molar-refractivity contribution is 5.83. The van der Waals surface area contributed by atoms with Crippen molar-refractivity contribution in [2.24, 2.45) is 5.41 Å². The molecule has 0 aromatic heterocycles. The fraction of sp³-hybridized carbons (Fsp3) is 0.533. The standard InChI is InChI=1S/C15H16F2O3/c16-13(17)20-11-4-2-10(3-5-11)15(12(18)19)8-14(9-15)6-1-7-14/h2-5,13H,1,6-9H2,(H,18,19). The first-order valence-electron chi connectivity index (χ1n) is 6.75. The van der Waals surface area contributed by atoms with Crippen LogP contribution in [-0.4, -0.2) is 17.7 Å². The number of carbonyl (C=O) groups is 1. The minimum atomic E-state index is -2.86. The van der Waals surface area contributed by atoms with Crippen LogP contribution in [0.25, 0.3) is 0 Å². The molecule has 0 saturated heterocycles. The lowest BCUT2D eigenvalue weighted by Gasteiger charge is -2.59. The van der Waals surface area contributed by atoms with Crippen LogP contribution in [0.3, 0.4) is 0 Å². The first kappa shape index (κ1) is 13.3. The number of benzene rings is 1. The number of rotatable bonds is 4. The molecule has 2 fully saturated rings. The third-order valence-electron chi connectivity index (χ3n) is 4.81. The lowest BCUT2D eigenvalue weighted by atomic mass is 9.44. The molecule has 20 heavy (non-hydrogen) atoms. The molecule has 3 nitrogen and oxygen atoms in total. The van der Waals surface area contributed by atoms with E-state index >= 15 is 0 Å². The number of hydrogen-bond donors (Lipinski definition) is 1. The Morgan fingerprint density at radius 1 is 1.20 bits per heavy atom. The van der Waals surface area contributed by atoms with Crippen LogP contribution in [0.2, 0.25) is 0 Å². The summed E-state index contributed by atoms with van der Waals surface area (Å²) in [4.78, 5) is 11.6. The fourth-order valence-corrected chi connectivity index (χ4v) is 3.69. The zero-order valence-corrected chi connectivity index (χ0v) is 10.9. The molecule has 0 heterocycles. The number of halogens is 2. The van der Waals surface area contributed by atoms with Gasteiger partial charge in [0.25, 0.3) is 0 Å². The van der Waals surface area contributed by atoms with Crippen LogP contribution in [0.4, 0.5) is 8.78 Å². The van der Waals surface area contributed by atoms with E-state index in [1.165, 1.54) is 18.6 Å². The monoisotopic (exact) mass is 282 g/mol. The van der Waals surface area contributed by atoms with Crippen LogP contribution in [-0.2, 0) is 10.2 Å². The topological polar surface area (TPSA) is 46.5 Å². The van der Waals surface area contributed by atoms with Crippen molar-refractivity contribution >= 4 is 5.97 Å². The zero-order chi connectivity index (χ0) is 14.4. The van der Waals surface area contributed by atoms with Crippen molar-refractivity contribution in [1.29, 1.82) is 0 Å². The molecule has 0 radical (unpaired) electrons. The molecule has 3 rings (SSSR count). The Hall–Kier alpha value is -1.65. The molecule has 1 spiro atoms. The zero-order valence-electron chi connectivity index (χ0n) is 10.9. The van der Waals surface area contributed by atoms with Gasteiger partial charge in [0, 0.05) is 0 Å². The normalized spacial score (nSPS) is 22.1. The van der Waals surface area contributed by atoms with Gasteiger partial charge in [-0.15, -0.1) is 0 Å². The van der Waals surface area contributed by atoms with Gasteiger partial charge in [-0.3, -0.25) is 4.79 Å². The lowest BCUT2D eigenvalue weighted by molar-refractivity contribution is -0.160. The van der Waals surface area contributed by atoms with Gasteiger partial charge in [0.05, 0.1) is 5.41 Å². The van der Waals surface area contributed by atoms with Gasteiger partial charge >= 0.3 is 12.6 Å². The van der Waals surface area contributed by atoms with Gasteiger partial charge in [0.15, 0.2) is 0 Å². The Bertz CT molecular complexity index is 512. The summed E-state index contributed by atoms with van der Waals surface area (Å²) in [6, 6.07) is 6.02. The summed E-state index contributed by atoms with van der Waals surface area (Å²) in [5.74, 6) is -0.764. The molecule has 0 bridgehead atoms. The molecule has 1 aromatic rings. The summed E-state index contributed by atoms with van der Waals surface area (Å²) >= 11 is 0. The number of ether oxygens (including phenoxy) is 1. The molecule has 1 aromatic carbocycles. The minimum Gasteiger partial charge on any atom is -0.481 e. The van der Waals surface area contributed by atoms with Crippen molar-refractivity contribution in [1.82, 2.24) is 0 Å². The predicted octanol–water partition coefficient (Wildman–Crippen LogP) is 3.57. The van der Waals surface area contributed by atoms with Crippen LogP contribution in [0.15, 0.2) is 24.3 Å². The largest absolute Gasteiger partial charge is 0.481 e. The maximum atomic E-state index is 12.1. The third-order valence-corrected chi connectivity index (χ3v) is 4.81. The molecule has 0 amide bonds. The second-order valence-corrected chi connectivity index (χ2v) is 6.00. The first-order chi connectivity index (χ1) is 9.46. The van der Waals surface area contributed by atoms with E-state index in [2.05, 4.69) is 4.74 Å². The summed E-state index contributed by atoms with van der Waals surface area (Å²) in [6.45, 7) is -2.86. The van der Waals surface area contributed by atoms with Gasteiger partial charge in [-0.05, 0) is 48.8 Å². The maximum absolute atomic E-state index is 12.1. The highest BCUT2D eigenvalue weighted by atomic mass is 19.3. The van der Waals surface area contributed by atoms with Crippen molar-refractivity contribution < 1.29 is 23.4 Å². The third kappa shape index (κ3) is 1.96. The van der Waals surface area contributed by atoms with E-state index < -0.39 is 18.0 Å². The van der Waals surface area contributed by atoms with E-state index in [0.29, 0.717) is 18.4 Å². The summed E-state index contributed by atoms with van der Waals surface area (Å²) in [5, 5.41) is 9.55. The molecular weight excluding hydrogens is 266 g/mol. The van der Waals surface area contributed by atoms with Crippen LogP contribution in [0.1, 0.15) is 37.7 Å². The van der Waals surface area contributed by atoms with Gasteiger partial charge in [0.2, 0.25) is 0 Å². The van der Waals surface area contributed by atoms with E-state index in [9.17, 15) is 18.7 Å². The van der Waals surface area contributed by atoms with E-state index in [4.69, 9.17) is 0 Å². The fourth-order valence-electron chi connectivity index (χ4n) is 3.69. The average molecular weight is 282 g/mol. The van der Waals surface area contributed by atoms with Gasteiger partial charge in [-0.1, -0.05) is 18.6 Å².